The van der Waals surface area contributed by atoms with E-state index < -0.39 is 0 Å². The molecule has 2 aromatic rings. The summed E-state index contributed by atoms with van der Waals surface area (Å²) < 4.78 is 5.27. The van der Waals surface area contributed by atoms with E-state index in [1.807, 2.05) is 35.2 Å². The fourth-order valence-electron chi connectivity index (χ4n) is 2.69. The molecule has 116 valence electrons. The van der Waals surface area contributed by atoms with E-state index in [0.29, 0.717) is 19.0 Å². The molecule has 4 nitrogen and oxygen atoms in total. The van der Waals surface area contributed by atoms with Gasteiger partial charge in [-0.25, -0.2) is 4.79 Å². The first-order valence-corrected chi connectivity index (χ1v) is 7.85. The Balaban J connectivity index is 1.65. The summed E-state index contributed by atoms with van der Waals surface area (Å²) in [5, 5.41) is 2.96. The van der Waals surface area contributed by atoms with Gasteiger partial charge in [-0.2, -0.15) is 0 Å². The zero-order chi connectivity index (χ0) is 15.4. The van der Waals surface area contributed by atoms with E-state index in [9.17, 15) is 4.79 Å². The maximum Gasteiger partial charge on any atom is 0.318 e. The number of rotatable bonds is 6. The lowest BCUT2D eigenvalue weighted by Crippen LogP contribution is -2.45. The molecule has 1 aromatic carbocycles. The van der Waals surface area contributed by atoms with Crippen molar-refractivity contribution < 1.29 is 9.21 Å². The summed E-state index contributed by atoms with van der Waals surface area (Å²) in [6, 6.07) is 14.1. The summed E-state index contributed by atoms with van der Waals surface area (Å²) >= 11 is 0. The minimum atomic E-state index is -0.0281. The minimum Gasteiger partial charge on any atom is -0.467 e. The number of amides is 2. The highest BCUT2D eigenvalue weighted by molar-refractivity contribution is 5.74. The maximum absolute atomic E-state index is 12.6. The summed E-state index contributed by atoms with van der Waals surface area (Å²) in [5.41, 5.74) is 1.16. The van der Waals surface area contributed by atoms with E-state index in [0.717, 1.165) is 11.3 Å². The van der Waals surface area contributed by atoms with Gasteiger partial charge in [0.1, 0.15) is 5.76 Å². The second-order valence-corrected chi connectivity index (χ2v) is 5.93. The summed E-state index contributed by atoms with van der Waals surface area (Å²) in [7, 11) is 0. The van der Waals surface area contributed by atoms with Gasteiger partial charge in [0.25, 0.3) is 0 Å². The summed E-state index contributed by atoms with van der Waals surface area (Å²) in [5.74, 6) is 1.41. The molecule has 4 heteroatoms. The second kappa shape index (κ2) is 6.69. The quantitative estimate of drug-likeness (QED) is 0.882. The molecule has 1 aliphatic rings. The van der Waals surface area contributed by atoms with E-state index in [-0.39, 0.29) is 12.1 Å². The third kappa shape index (κ3) is 3.70. The molecule has 1 N–H and O–H groups in total. The number of hydrogen-bond donors (Lipinski definition) is 1. The molecule has 1 aliphatic carbocycles. The molecule has 1 fully saturated rings. The number of nitrogens with one attached hydrogen (secondary N) is 1. The van der Waals surface area contributed by atoms with Gasteiger partial charge in [-0.1, -0.05) is 30.3 Å². The van der Waals surface area contributed by atoms with Crippen LogP contribution in [0.5, 0.6) is 0 Å². The Morgan fingerprint density at radius 3 is 2.68 bits per heavy atom. The molecule has 0 radical (unpaired) electrons. The van der Waals surface area contributed by atoms with Crippen molar-refractivity contribution in [2.75, 3.05) is 0 Å². The van der Waals surface area contributed by atoms with Crippen molar-refractivity contribution in [2.24, 2.45) is 5.92 Å². The van der Waals surface area contributed by atoms with Crippen LogP contribution in [0, 0.1) is 5.92 Å². The molecular weight excluding hydrogens is 276 g/mol. The molecule has 1 atom stereocenters. The number of benzene rings is 1. The number of carbonyl (C=O) groups is 1. The number of hydrogen-bond acceptors (Lipinski definition) is 2. The zero-order valence-corrected chi connectivity index (χ0v) is 12.9. The van der Waals surface area contributed by atoms with Crippen molar-refractivity contribution in [3.8, 4) is 0 Å². The fourth-order valence-corrected chi connectivity index (χ4v) is 2.69. The minimum absolute atomic E-state index is 0.0281. The molecule has 0 spiro atoms. The van der Waals surface area contributed by atoms with Gasteiger partial charge in [0, 0.05) is 12.6 Å². The molecule has 2 amide bonds. The first kappa shape index (κ1) is 14.7. The van der Waals surface area contributed by atoms with Crippen LogP contribution < -0.4 is 5.32 Å². The van der Waals surface area contributed by atoms with Crippen LogP contribution in [0.4, 0.5) is 4.79 Å². The highest BCUT2D eigenvalue weighted by atomic mass is 16.3. The molecule has 0 aliphatic heterocycles. The van der Waals surface area contributed by atoms with Crippen LogP contribution in [0.15, 0.2) is 53.1 Å². The molecule has 22 heavy (non-hydrogen) atoms. The summed E-state index contributed by atoms with van der Waals surface area (Å²) in [6.07, 6.45) is 4.06. The van der Waals surface area contributed by atoms with Crippen molar-refractivity contribution in [1.82, 2.24) is 10.2 Å². The Kier molecular flexibility index (Phi) is 4.47. The molecule has 0 bridgehead atoms. The Bertz CT molecular complexity index is 591. The highest BCUT2D eigenvalue weighted by Gasteiger charge is 2.34. The number of carbonyl (C=O) groups excluding carboxylic acids is 1. The molecule has 1 heterocycles. The Morgan fingerprint density at radius 2 is 2.05 bits per heavy atom. The van der Waals surface area contributed by atoms with Gasteiger partial charge < -0.3 is 14.6 Å². The lowest BCUT2D eigenvalue weighted by molar-refractivity contribution is 0.166. The predicted octanol–water partition coefficient (Wildman–Crippen LogP) is 3.79. The average Bonchev–Trinajstić information content (AvgIpc) is 3.27. The molecule has 1 unspecified atom stereocenters. The molecule has 3 rings (SSSR count). The predicted molar refractivity (Wildman–Crippen MR) is 85.1 cm³/mol. The van der Waals surface area contributed by atoms with Crippen molar-refractivity contribution >= 4 is 6.03 Å². The van der Waals surface area contributed by atoms with Gasteiger partial charge in [-0.05, 0) is 43.4 Å². The topological polar surface area (TPSA) is 45.5 Å². The fraction of sp³-hybridized carbons (Fsp3) is 0.389. The Labute approximate surface area is 131 Å². The molecule has 1 aromatic heterocycles. The molecule has 0 saturated heterocycles. The first-order valence-electron chi connectivity index (χ1n) is 7.85. The third-order valence-corrected chi connectivity index (χ3v) is 4.25. The lowest BCUT2D eigenvalue weighted by atomic mass is 10.1. The van der Waals surface area contributed by atoms with Gasteiger partial charge in [0.15, 0.2) is 0 Å². The largest absolute Gasteiger partial charge is 0.467 e. The van der Waals surface area contributed by atoms with Crippen molar-refractivity contribution in [3.63, 3.8) is 0 Å². The van der Waals surface area contributed by atoms with Crippen LogP contribution in [0.25, 0.3) is 0 Å². The highest BCUT2D eigenvalue weighted by Crippen LogP contribution is 2.35. The SMILES string of the molecule is CC(C1CC1)N(Cc1ccccc1)C(=O)NCc1ccco1. The van der Waals surface area contributed by atoms with Crippen LogP contribution in [0.3, 0.4) is 0 Å². The third-order valence-electron chi connectivity index (χ3n) is 4.25. The van der Waals surface area contributed by atoms with Crippen LogP contribution >= 0.6 is 0 Å². The zero-order valence-electron chi connectivity index (χ0n) is 12.9. The van der Waals surface area contributed by atoms with Gasteiger partial charge in [0.05, 0.1) is 12.8 Å². The van der Waals surface area contributed by atoms with E-state index in [4.69, 9.17) is 4.42 Å². The van der Waals surface area contributed by atoms with Crippen molar-refractivity contribution in [1.29, 1.82) is 0 Å². The van der Waals surface area contributed by atoms with Gasteiger partial charge in [0.2, 0.25) is 0 Å². The average molecular weight is 298 g/mol. The van der Waals surface area contributed by atoms with Gasteiger partial charge in [-0.15, -0.1) is 0 Å². The van der Waals surface area contributed by atoms with Crippen LogP contribution in [0.2, 0.25) is 0 Å². The summed E-state index contributed by atoms with van der Waals surface area (Å²) in [6.45, 7) is 3.21. The van der Waals surface area contributed by atoms with E-state index in [1.165, 1.54) is 12.8 Å². The second-order valence-electron chi connectivity index (χ2n) is 5.93. The van der Waals surface area contributed by atoms with Crippen LogP contribution in [0.1, 0.15) is 31.1 Å². The smallest absolute Gasteiger partial charge is 0.318 e. The van der Waals surface area contributed by atoms with E-state index in [2.05, 4.69) is 24.4 Å². The van der Waals surface area contributed by atoms with Crippen molar-refractivity contribution in [3.05, 3.63) is 60.1 Å². The number of nitrogens with zero attached hydrogens (tertiary/aromatic N) is 1. The number of furan rings is 1. The maximum atomic E-state index is 12.6. The van der Waals surface area contributed by atoms with Crippen LogP contribution in [-0.2, 0) is 13.1 Å². The van der Waals surface area contributed by atoms with Gasteiger partial charge in [-0.3, -0.25) is 0 Å². The van der Waals surface area contributed by atoms with Gasteiger partial charge >= 0.3 is 6.03 Å². The van der Waals surface area contributed by atoms with Crippen molar-refractivity contribution in [2.45, 2.75) is 38.9 Å². The summed E-state index contributed by atoms with van der Waals surface area (Å²) in [4.78, 5) is 14.5. The van der Waals surface area contributed by atoms with E-state index in [1.54, 1.807) is 6.26 Å². The Hall–Kier alpha value is -2.23. The molecule has 1 saturated carbocycles. The monoisotopic (exact) mass is 298 g/mol. The first-order chi connectivity index (χ1) is 10.7. The number of urea groups is 1. The molecular formula is C18H22N2O2. The standard InChI is InChI=1S/C18H22N2O2/c1-14(16-9-10-16)20(13-15-6-3-2-4-7-15)18(21)19-12-17-8-5-11-22-17/h2-8,11,14,16H,9-10,12-13H2,1H3,(H,19,21). The normalized spacial score (nSPS) is 15.3. The van der Waals surface area contributed by atoms with E-state index >= 15 is 0 Å². The lowest BCUT2D eigenvalue weighted by Gasteiger charge is -2.29. The van der Waals surface area contributed by atoms with Crippen LogP contribution in [-0.4, -0.2) is 17.0 Å². The Morgan fingerprint density at radius 1 is 1.27 bits per heavy atom.